The van der Waals surface area contributed by atoms with E-state index in [1.165, 1.54) is 17.1 Å². The average Bonchev–Trinajstić information content (AvgIpc) is 2.69. The molecule has 0 saturated heterocycles. The number of nitrogens with two attached hydrogens (primary N) is 1. The molecule has 0 aliphatic rings. The minimum atomic E-state index is -0.940. The summed E-state index contributed by atoms with van der Waals surface area (Å²) >= 11 is 0.999. The van der Waals surface area contributed by atoms with Gasteiger partial charge in [0, 0.05) is 5.56 Å². The van der Waals surface area contributed by atoms with Crippen molar-refractivity contribution < 1.29 is 9.90 Å². The predicted molar refractivity (Wildman–Crippen MR) is 59.6 cm³/mol. The van der Waals surface area contributed by atoms with Crippen LogP contribution >= 0.6 is 11.8 Å². The van der Waals surface area contributed by atoms with Crippen LogP contribution in [0.1, 0.15) is 0 Å². The highest BCUT2D eigenvalue weighted by molar-refractivity contribution is 7.99. The second-order valence-corrected chi connectivity index (χ2v) is 3.93. The van der Waals surface area contributed by atoms with Gasteiger partial charge in [0.2, 0.25) is 5.16 Å². The molecule has 2 rings (SSSR count). The molecular formula is C8H8N6O2S. The molecule has 0 radical (unpaired) electrons. The van der Waals surface area contributed by atoms with Gasteiger partial charge in [0.25, 0.3) is 0 Å². The lowest BCUT2D eigenvalue weighted by Gasteiger charge is -2.01. The first-order valence-electron chi connectivity index (χ1n) is 4.50. The number of hydrogen-bond acceptors (Lipinski definition) is 7. The van der Waals surface area contributed by atoms with Gasteiger partial charge in [-0.1, -0.05) is 11.8 Å². The van der Waals surface area contributed by atoms with Crippen molar-refractivity contribution in [1.29, 1.82) is 0 Å². The predicted octanol–water partition coefficient (Wildman–Crippen LogP) is -0.374. The normalized spacial score (nSPS) is 10.4. The summed E-state index contributed by atoms with van der Waals surface area (Å²) < 4.78 is 1.23. The summed E-state index contributed by atoms with van der Waals surface area (Å²) in [6, 6.07) is 1.69. The molecule has 17 heavy (non-hydrogen) atoms. The molecule has 0 atom stereocenters. The van der Waals surface area contributed by atoms with E-state index in [1.54, 1.807) is 6.07 Å². The van der Waals surface area contributed by atoms with E-state index >= 15 is 0 Å². The quantitative estimate of drug-likeness (QED) is 0.558. The van der Waals surface area contributed by atoms with Gasteiger partial charge in [-0.2, -0.15) is 10.2 Å². The van der Waals surface area contributed by atoms with Crippen LogP contribution in [0.25, 0.3) is 11.4 Å². The molecule has 0 spiro atoms. The van der Waals surface area contributed by atoms with Crippen LogP contribution in [0.2, 0.25) is 0 Å². The first-order chi connectivity index (χ1) is 8.18. The van der Waals surface area contributed by atoms with Crippen molar-refractivity contribution in [2.75, 3.05) is 11.6 Å². The molecule has 3 N–H and O–H groups in total. The van der Waals surface area contributed by atoms with Gasteiger partial charge >= 0.3 is 5.97 Å². The number of nitrogens with zero attached hydrogens (tertiary/aromatic N) is 5. The number of nitrogen functional groups attached to an aromatic ring is 1. The third kappa shape index (κ3) is 2.50. The number of carboxylic acids is 1. The van der Waals surface area contributed by atoms with E-state index in [9.17, 15) is 4.79 Å². The topological polar surface area (TPSA) is 120 Å². The van der Waals surface area contributed by atoms with Gasteiger partial charge in [-0.25, -0.2) is 4.68 Å². The fraction of sp³-hybridized carbons (Fsp3) is 0.125. The molecule has 0 saturated carbocycles. The fourth-order valence-corrected chi connectivity index (χ4v) is 1.70. The van der Waals surface area contributed by atoms with Crippen molar-refractivity contribution in [2.24, 2.45) is 0 Å². The van der Waals surface area contributed by atoms with Crippen LogP contribution in [0.5, 0.6) is 0 Å². The molecule has 2 aromatic heterocycles. The highest BCUT2D eigenvalue weighted by Crippen LogP contribution is 2.19. The second-order valence-electron chi connectivity index (χ2n) is 2.99. The molecule has 0 amide bonds. The molecule has 2 aromatic rings. The van der Waals surface area contributed by atoms with E-state index in [4.69, 9.17) is 10.9 Å². The van der Waals surface area contributed by atoms with Crippen LogP contribution in [0, 0.1) is 0 Å². The van der Waals surface area contributed by atoms with E-state index in [0.29, 0.717) is 16.5 Å². The third-order valence-electron chi connectivity index (χ3n) is 1.83. The zero-order valence-corrected chi connectivity index (χ0v) is 9.33. The van der Waals surface area contributed by atoms with Crippen molar-refractivity contribution in [2.45, 2.75) is 5.16 Å². The first kappa shape index (κ1) is 11.3. The number of rotatable bonds is 4. The maximum Gasteiger partial charge on any atom is 0.313 e. The molecule has 0 aliphatic heterocycles. The van der Waals surface area contributed by atoms with Gasteiger partial charge in [0.05, 0.1) is 18.1 Å². The van der Waals surface area contributed by atoms with Gasteiger partial charge < -0.3 is 10.9 Å². The smallest absolute Gasteiger partial charge is 0.313 e. The Morgan fingerprint density at radius 2 is 2.29 bits per heavy atom. The molecule has 0 unspecified atom stereocenters. The number of carbonyl (C=O) groups is 1. The Balaban J connectivity index is 2.24. The fourth-order valence-electron chi connectivity index (χ4n) is 1.12. The van der Waals surface area contributed by atoms with Crippen LogP contribution < -0.4 is 5.84 Å². The van der Waals surface area contributed by atoms with Crippen molar-refractivity contribution in [1.82, 2.24) is 25.1 Å². The Labute approximate surface area is 99.8 Å². The van der Waals surface area contributed by atoms with Gasteiger partial charge in [-0.3, -0.25) is 4.79 Å². The monoisotopic (exact) mass is 252 g/mol. The molecule has 9 heteroatoms. The number of carboxylic acid groups (broad SMARTS) is 1. The molecule has 0 fully saturated rings. The Morgan fingerprint density at radius 3 is 2.94 bits per heavy atom. The summed E-state index contributed by atoms with van der Waals surface area (Å²) in [5.41, 5.74) is 0.664. The lowest BCUT2D eigenvalue weighted by atomic mass is 10.3. The first-order valence-corrected chi connectivity index (χ1v) is 5.49. The zero-order chi connectivity index (χ0) is 12.3. The second kappa shape index (κ2) is 4.78. The Bertz CT molecular complexity index is 528. The maximum absolute atomic E-state index is 10.4. The van der Waals surface area contributed by atoms with E-state index in [-0.39, 0.29) is 5.75 Å². The molecule has 0 bridgehead atoms. The van der Waals surface area contributed by atoms with Crippen LogP contribution in [0.3, 0.4) is 0 Å². The van der Waals surface area contributed by atoms with Gasteiger partial charge in [-0.05, 0) is 6.07 Å². The Hall–Kier alpha value is -2.16. The highest BCUT2D eigenvalue weighted by Gasteiger charge is 2.13. The molecule has 2 heterocycles. The van der Waals surface area contributed by atoms with Crippen molar-refractivity contribution in [3.63, 3.8) is 0 Å². The van der Waals surface area contributed by atoms with Crippen molar-refractivity contribution >= 4 is 17.7 Å². The highest BCUT2D eigenvalue weighted by atomic mass is 32.2. The summed E-state index contributed by atoms with van der Waals surface area (Å²) in [6.45, 7) is 0. The van der Waals surface area contributed by atoms with E-state index < -0.39 is 5.97 Å². The van der Waals surface area contributed by atoms with Gasteiger partial charge in [0.1, 0.15) is 0 Å². The summed E-state index contributed by atoms with van der Waals surface area (Å²) in [4.78, 5) is 10.4. The molecule has 8 nitrogen and oxygen atoms in total. The standard InChI is InChI=1S/C8H8N6O2S/c9-14-7(5-1-2-10-11-3-5)12-13-8(14)17-4-6(15)16/h1-3H,4,9H2,(H,15,16). The lowest BCUT2D eigenvalue weighted by Crippen LogP contribution is -2.12. The average molecular weight is 252 g/mol. The number of aliphatic carboxylic acids is 1. The van der Waals surface area contributed by atoms with E-state index in [2.05, 4.69) is 20.4 Å². The summed E-state index contributed by atoms with van der Waals surface area (Å²) in [6.07, 6.45) is 3.01. The molecule has 0 aromatic carbocycles. The van der Waals surface area contributed by atoms with Crippen LogP contribution in [-0.2, 0) is 4.79 Å². The SMILES string of the molecule is Nn1c(SCC(=O)O)nnc1-c1ccnnc1. The van der Waals surface area contributed by atoms with Crippen LogP contribution in [0.4, 0.5) is 0 Å². The van der Waals surface area contributed by atoms with E-state index in [1.807, 2.05) is 0 Å². The zero-order valence-electron chi connectivity index (χ0n) is 8.52. The number of thioether (sulfide) groups is 1. The molecular weight excluding hydrogens is 244 g/mol. The van der Waals surface area contributed by atoms with Gasteiger partial charge in [-0.15, -0.1) is 10.2 Å². The third-order valence-corrected chi connectivity index (χ3v) is 2.76. The molecule has 88 valence electrons. The van der Waals surface area contributed by atoms with Crippen molar-refractivity contribution in [3.8, 4) is 11.4 Å². The Kier molecular flexibility index (Phi) is 3.19. The van der Waals surface area contributed by atoms with Crippen LogP contribution in [-0.4, -0.2) is 41.9 Å². The van der Waals surface area contributed by atoms with Crippen LogP contribution in [0.15, 0.2) is 23.6 Å². The Morgan fingerprint density at radius 1 is 1.47 bits per heavy atom. The number of aromatic nitrogens is 5. The number of hydrogen-bond donors (Lipinski definition) is 2. The minimum Gasteiger partial charge on any atom is -0.481 e. The maximum atomic E-state index is 10.4. The largest absolute Gasteiger partial charge is 0.481 e. The summed E-state index contributed by atoms with van der Waals surface area (Å²) in [5.74, 6) is 5.10. The van der Waals surface area contributed by atoms with E-state index in [0.717, 1.165) is 11.8 Å². The summed E-state index contributed by atoms with van der Waals surface area (Å²) in [7, 11) is 0. The summed E-state index contributed by atoms with van der Waals surface area (Å²) in [5, 5.41) is 23.9. The lowest BCUT2D eigenvalue weighted by molar-refractivity contribution is -0.133. The molecule has 0 aliphatic carbocycles. The minimum absolute atomic E-state index is 0.121. The van der Waals surface area contributed by atoms with Crippen molar-refractivity contribution in [3.05, 3.63) is 18.5 Å². The van der Waals surface area contributed by atoms with Gasteiger partial charge in [0.15, 0.2) is 5.82 Å².